The molecule has 0 saturated carbocycles. The third-order valence-electron chi connectivity index (χ3n) is 2.02. The van der Waals surface area contributed by atoms with Crippen LogP contribution in [-0.4, -0.2) is 19.8 Å². The van der Waals surface area contributed by atoms with Crippen LogP contribution < -0.4 is 4.74 Å². The summed E-state index contributed by atoms with van der Waals surface area (Å²) in [4.78, 5) is 0. The van der Waals surface area contributed by atoms with E-state index in [2.05, 4.69) is 6.92 Å². The summed E-state index contributed by atoms with van der Waals surface area (Å²) in [5.74, 6) is 0.605. The fourth-order valence-electron chi connectivity index (χ4n) is 1.15. The maximum atomic E-state index is 5.93. The third-order valence-corrected chi connectivity index (χ3v) is 2.57. The number of hydrogen-bond acceptors (Lipinski definition) is 2. The summed E-state index contributed by atoms with van der Waals surface area (Å²) >= 11 is 11.8. The molecule has 4 heteroatoms. The van der Waals surface area contributed by atoms with Gasteiger partial charge in [0.2, 0.25) is 0 Å². The van der Waals surface area contributed by atoms with Gasteiger partial charge in [-0.15, -0.1) is 0 Å². The molecule has 1 rings (SSSR count). The second kappa shape index (κ2) is 7.77. The first-order chi connectivity index (χ1) is 7.74. The normalized spacial score (nSPS) is 10.4. The Morgan fingerprint density at radius 2 is 1.94 bits per heavy atom. The Bertz CT molecular complexity index is 316. The first-order valence-corrected chi connectivity index (χ1v) is 6.15. The van der Waals surface area contributed by atoms with Crippen LogP contribution in [0.1, 0.15) is 19.8 Å². The molecule has 0 amide bonds. The van der Waals surface area contributed by atoms with Crippen molar-refractivity contribution in [3.63, 3.8) is 0 Å². The van der Waals surface area contributed by atoms with Crippen LogP contribution in [0.15, 0.2) is 18.2 Å². The Hall–Kier alpha value is -0.440. The fraction of sp³-hybridized carbons (Fsp3) is 0.500. The van der Waals surface area contributed by atoms with Gasteiger partial charge >= 0.3 is 0 Å². The zero-order chi connectivity index (χ0) is 11.8. The van der Waals surface area contributed by atoms with Crippen molar-refractivity contribution in [1.29, 1.82) is 0 Å². The van der Waals surface area contributed by atoms with Gasteiger partial charge in [0.15, 0.2) is 0 Å². The number of hydrogen-bond donors (Lipinski definition) is 0. The summed E-state index contributed by atoms with van der Waals surface area (Å²) < 4.78 is 10.8. The molecule has 0 aliphatic rings. The molecule has 0 aromatic heterocycles. The van der Waals surface area contributed by atoms with Crippen LogP contribution in [0.2, 0.25) is 10.0 Å². The Morgan fingerprint density at radius 1 is 1.12 bits per heavy atom. The predicted molar refractivity (Wildman–Crippen MR) is 67.7 cm³/mol. The maximum Gasteiger partial charge on any atom is 0.139 e. The Morgan fingerprint density at radius 3 is 2.69 bits per heavy atom. The first kappa shape index (κ1) is 13.6. The SMILES string of the molecule is CCCCOCCOc1cc(Cl)ccc1Cl. The monoisotopic (exact) mass is 262 g/mol. The predicted octanol–water partition coefficient (Wildman–Crippen LogP) is 4.19. The minimum absolute atomic E-state index is 0.490. The van der Waals surface area contributed by atoms with Gasteiger partial charge in [-0.3, -0.25) is 0 Å². The molecule has 1 aromatic carbocycles. The minimum atomic E-state index is 0.490. The molecular formula is C12H16Cl2O2. The smallest absolute Gasteiger partial charge is 0.139 e. The molecule has 0 unspecified atom stereocenters. The van der Waals surface area contributed by atoms with Crippen molar-refractivity contribution >= 4 is 23.2 Å². The third kappa shape index (κ3) is 5.06. The molecular weight excluding hydrogens is 247 g/mol. The molecule has 0 bridgehead atoms. The Labute approximate surface area is 106 Å². The van der Waals surface area contributed by atoms with Gasteiger partial charge in [-0.05, 0) is 18.6 Å². The van der Waals surface area contributed by atoms with Gasteiger partial charge in [-0.1, -0.05) is 36.5 Å². The summed E-state index contributed by atoms with van der Waals surface area (Å²) in [5, 5.41) is 1.18. The lowest BCUT2D eigenvalue weighted by Crippen LogP contribution is -2.07. The van der Waals surface area contributed by atoms with E-state index in [1.54, 1.807) is 18.2 Å². The van der Waals surface area contributed by atoms with Gasteiger partial charge in [-0.25, -0.2) is 0 Å². The number of benzene rings is 1. The van der Waals surface area contributed by atoms with Gasteiger partial charge in [0.25, 0.3) is 0 Å². The Kier molecular flexibility index (Phi) is 6.62. The second-order valence-electron chi connectivity index (χ2n) is 3.39. The van der Waals surface area contributed by atoms with E-state index in [9.17, 15) is 0 Å². The summed E-state index contributed by atoms with van der Waals surface area (Å²) in [7, 11) is 0. The quantitative estimate of drug-likeness (QED) is 0.687. The highest BCUT2D eigenvalue weighted by Crippen LogP contribution is 2.27. The van der Waals surface area contributed by atoms with Gasteiger partial charge in [-0.2, -0.15) is 0 Å². The highest BCUT2D eigenvalue weighted by atomic mass is 35.5. The molecule has 0 aliphatic carbocycles. The highest BCUT2D eigenvalue weighted by Gasteiger charge is 2.01. The van der Waals surface area contributed by atoms with E-state index < -0.39 is 0 Å². The number of halogens is 2. The van der Waals surface area contributed by atoms with E-state index in [4.69, 9.17) is 32.7 Å². The summed E-state index contributed by atoms with van der Waals surface area (Å²) in [6, 6.07) is 5.15. The summed E-state index contributed by atoms with van der Waals surface area (Å²) in [5.41, 5.74) is 0. The lowest BCUT2D eigenvalue weighted by atomic mass is 10.3. The molecule has 0 radical (unpaired) electrons. The average Bonchev–Trinajstić information content (AvgIpc) is 2.28. The molecule has 0 fully saturated rings. The zero-order valence-corrected chi connectivity index (χ0v) is 10.9. The lowest BCUT2D eigenvalue weighted by Gasteiger charge is -2.08. The molecule has 0 saturated heterocycles. The lowest BCUT2D eigenvalue weighted by molar-refractivity contribution is 0.0981. The highest BCUT2D eigenvalue weighted by molar-refractivity contribution is 6.34. The first-order valence-electron chi connectivity index (χ1n) is 5.39. The van der Waals surface area contributed by atoms with Gasteiger partial charge in [0, 0.05) is 17.7 Å². The van der Waals surface area contributed by atoms with Gasteiger partial charge < -0.3 is 9.47 Å². The van der Waals surface area contributed by atoms with Crippen LogP contribution in [-0.2, 0) is 4.74 Å². The van der Waals surface area contributed by atoms with Crippen molar-refractivity contribution in [1.82, 2.24) is 0 Å². The molecule has 0 heterocycles. The van der Waals surface area contributed by atoms with Crippen LogP contribution in [0.5, 0.6) is 5.75 Å². The second-order valence-corrected chi connectivity index (χ2v) is 4.23. The van der Waals surface area contributed by atoms with Crippen molar-refractivity contribution in [2.24, 2.45) is 0 Å². The summed E-state index contributed by atoms with van der Waals surface area (Å²) in [6.45, 7) is 3.97. The molecule has 90 valence electrons. The van der Waals surface area contributed by atoms with Crippen LogP contribution in [0, 0.1) is 0 Å². The zero-order valence-electron chi connectivity index (χ0n) is 9.34. The summed E-state index contributed by atoms with van der Waals surface area (Å²) in [6.07, 6.45) is 2.22. The van der Waals surface area contributed by atoms with E-state index in [1.807, 2.05) is 0 Å². The van der Waals surface area contributed by atoms with E-state index in [0.717, 1.165) is 19.4 Å². The fourth-order valence-corrected chi connectivity index (χ4v) is 1.48. The van der Waals surface area contributed by atoms with E-state index in [1.165, 1.54) is 0 Å². The largest absolute Gasteiger partial charge is 0.490 e. The minimum Gasteiger partial charge on any atom is -0.490 e. The molecule has 0 N–H and O–H groups in total. The Balaban J connectivity index is 2.23. The van der Waals surface area contributed by atoms with Crippen LogP contribution >= 0.6 is 23.2 Å². The van der Waals surface area contributed by atoms with Crippen LogP contribution in [0.3, 0.4) is 0 Å². The van der Waals surface area contributed by atoms with E-state index in [-0.39, 0.29) is 0 Å². The van der Waals surface area contributed by atoms with Crippen molar-refractivity contribution in [3.8, 4) is 5.75 Å². The van der Waals surface area contributed by atoms with E-state index >= 15 is 0 Å². The van der Waals surface area contributed by atoms with Crippen molar-refractivity contribution in [2.75, 3.05) is 19.8 Å². The average molecular weight is 263 g/mol. The molecule has 0 spiro atoms. The van der Waals surface area contributed by atoms with Crippen molar-refractivity contribution in [3.05, 3.63) is 28.2 Å². The topological polar surface area (TPSA) is 18.5 Å². The number of ether oxygens (including phenoxy) is 2. The molecule has 0 aliphatic heterocycles. The van der Waals surface area contributed by atoms with Gasteiger partial charge in [0.05, 0.1) is 11.6 Å². The molecule has 16 heavy (non-hydrogen) atoms. The van der Waals surface area contributed by atoms with Gasteiger partial charge in [0.1, 0.15) is 12.4 Å². The maximum absolute atomic E-state index is 5.93. The molecule has 1 aromatic rings. The molecule has 0 atom stereocenters. The molecule has 2 nitrogen and oxygen atoms in total. The van der Waals surface area contributed by atoms with Crippen LogP contribution in [0.4, 0.5) is 0 Å². The van der Waals surface area contributed by atoms with Crippen molar-refractivity contribution < 1.29 is 9.47 Å². The van der Waals surface area contributed by atoms with Crippen molar-refractivity contribution in [2.45, 2.75) is 19.8 Å². The number of rotatable bonds is 7. The van der Waals surface area contributed by atoms with E-state index in [0.29, 0.717) is 29.0 Å². The standard InChI is InChI=1S/C12H16Cl2O2/c1-2-3-6-15-7-8-16-12-9-10(13)4-5-11(12)14/h4-5,9H,2-3,6-8H2,1H3. The van der Waals surface area contributed by atoms with Crippen LogP contribution in [0.25, 0.3) is 0 Å². The number of unbranched alkanes of at least 4 members (excludes halogenated alkanes) is 1.